The van der Waals surface area contributed by atoms with Crippen molar-refractivity contribution in [2.75, 3.05) is 0 Å². The maximum absolute atomic E-state index is 2.59. The van der Waals surface area contributed by atoms with Crippen LogP contribution in [-0.4, -0.2) is 0 Å². The Kier molecular flexibility index (Phi) is 2.18. The predicted molar refractivity (Wildman–Crippen MR) is 80.9 cm³/mol. The highest BCUT2D eigenvalue weighted by Gasteiger charge is 2.64. The fraction of sp³-hybridized carbons (Fsp3) is 0.789. The Morgan fingerprint density at radius 3 is 1.74 bits per heavy atom. The molecule has 5 aliphatic carbocycles. The summed E-state index contributed by atoms with van der Waals surface area (Å²) in [5, 5.41) is 0. The van der Waals surface area contributed by atoms with Gasteiger partial charge in [-0.05, 0) is 73.0 Å². The summed E-state index contributed by atoms with van der Waals surface area (Å²) in [5.41, 5.74) is 4.25. The van der Waals surface area contributed by atoms with Gasteiger partial charge in [0.1, 0.15) is 0 Å². The average molecular weight is 256 g/mol. The lowest BCUT2D eigenvalue weighted by Crippen LogP contribution is -2.59. The second-order valence-corrected chi connectivity index (χ2v) is 9.43. The predicted octanol–water partition coefficient (Wildman–Crippen LogP) is 5.65. The highest BCUT2D eigenvalue weighted by atomic mass is 14.7. The van der Waals surface area contributed by atoms with Gasteiger partial charge in [0.05, 0.1) is 0 Å². The van der Waals surface area contributed by atoms with Gasteiger partial charge in [-0.15, -0.1) is 0 Å². The van der Waals surface area contributed by atoms with Gasteiger partial charge in [-0.2, -0.15) is 0 Å². The third-order valence-electron chi connectivity index (χ3n) is 6.55. The number of hydrogen-bond donors (Lipinski definition) is 0. The van der Waals surface area contributed by atoms with Crippen LogP contribution in [0.15, 0.2) is 23.8 Å². The van der Waals surface area contributed by atoms with E-state index in [9.17, 15) is 0 Å². The monoisotopic (exact) mass is 256 g/mol. The molecule has 0 aromatic heterocycles. The Morgan fingerprint density at radius 2 is 1.32 bits per heavy atom. The van der Waals surface area contributed by atoms with E-state index in [-0.39, 0.29) is 0 Å². The molecule has 0 unspecified atom stereocenters. The van der Waals surface area contributed by atoms with Crippen LogP contribution in [0.3, 0.4) is 0 Å². The Labute approximate surface area is 118 Å². The van der Waals surface area contributed by atoms with Gasteiger partial charge < -0.3 is 0 Å². The molecule has 0 heteroatoms. The summed E-state index contributed by atoms with van der Waals surface area (Å²) >= 11 is 0. The third kappa shape index (κ3) is 1.71. The summed E-state index contributed by atoms with van der Waals surface area (Å²) in [7, 11) is 0. The number of rotatable bonds is 1. The third-order valence-corrected chi connectivity index (χ3v) is 6.55. The first kappa shape index (κ1) is 12.2. The molecule has 104 valence electrons. The molecule has 0 heterocycles. The van der Waals surface area contributed by atoms with Gasteiger partial charge in [-0.25, -0.2) is 0 Å². The molecular formula is C19H28. The molecule has 4 saturated carbocycles. The Hall–Kier alpha value is -0.520. The molecule has 5 rings (SSSR count). The van der Waals surface area contributed by atoms with Gasteiger partial charge in [-0.3, -0.25) is 0 Å². The van der Waals surface area contributed by atoms with Crippen LogP contribution in [0.4, 0.5) is 0 Å². The normalized spacial score (nSPS) is 55.4. The standard InChI is InChI=1S/C19H28/c1-16-9-17(2)11-18(3,10-16)14-19(12-16,13-17)15-7-5-4-6-8-15/h4-5,7H,6,8-14H2,1-3H3. The van der Waals surface area contributed by atoms with E-state index in [4.69, 9.17) is 0 Å². The smallest absolute Gasteiger partial charge is 0.00693 e. The largest absolute Gasteiger partial charge is 0.0842 e. The molecule has 0 aromatic carbocycles. The highest BCUT2D eigenvalue weighted by Crippen LogP contribution is 2.75. The Morgan fingerprint density at radius 1 is 0.789 bits per heavy atom. The second-order valence-electron chi connectivity index (χ2n) is 9.43. The van der Waals surface area contributed by atoms with Crippen LogP contribution in [0.5, 0.6) is 0 Å². The zero-order chi connectivity index (χ0) is 13.4. The lowest BCUT2D eigenvalue weighted by Gasteiger charge is -2.70. The van der Waals surface area contributed by atoms with E-state index in [1.807, 2.05) is 0 Å². The van der Waals surface area contributed by atoms with Gasteiger partial charge >= 0.3 is 0 Å². The summed E-state index contributed by atoms with van der Waals surface area (Å²) in [6.07, 6.45) is 18.6. The topological polar surface area (TPSA) is 0 Å². The first-order valence-corrected chi connectivity index (χ1v) is 8.21. The van der Waals surface area contributed by atoms with Crippen LogP contribution in [0.1, 0.15) is 72.1 Å². The molecule has 0 amide bonds. The molecule has 0 radical (unpaired) electrons. The molecule has 0 atom stereocenters. The number of hydrogen-bond acceptors (Lipinski definition) is 0. The van der Waals surface area contributed by atoms with Crippen molar-refractivity contribution in [2.45, 2.75) is 72.1 Å². The van der Waals surface area contributed by atoms with Crippen molar-refractivity contribution in [2.24, 2.45) is 21.7 Å². The first-order chi connectivity index (χ1) is 8.85. The zero-order valence-corrected chi connectivity index (χ0v) is 12.9. The van der Waals surface area contributed by atoms with Crippen LogP contribution in [-0.2, 0) is 0 Å². The molecule has 0 spiro atoms. The molecular weight excluding hydrogens is 228 g/mol. The lowest BCUT2D eigenvalue weighted by molar-refractivity contribution is -0.170. The molecule has 4 fully saturated rings. The van der Waals surface area contributed by atoms with Crippen LogP contribution < -0.4 is 0 Å². The van der Waals surface area contributed by atoms with Gasteiger partial charge in [-0.1, -0.05) is 44.6 Å². The van der Waals surface area contributed by atoms with Crippen molar-refractivity contribution in [3.63, 3.8) is 0 Å². The highest BCUT2D eigenvalue weighted by molar-refractivity contribution is 5.30. The van der Waals surface area contributed by atoms with E-state index < -0.39 is 0 Å². The van der Waals surface area contributed by atoms with Crippen molar-refractivity contribution in [3.8, 4) is 0 Å². The minimum atomic E-state index is 0.567. The van der Waals surface area contributed by atoms with Gasteiger partial charge in [0.15, 0.2) is 0 Å². The van der Waals surface area contributed by atoms with Gasteiger partial charge in [0.25, 0.3) is 0 Å². The van der Waals surface area contributed by atoms with Crippen molar-refractivity contribution in [1.29, 1.82) is 0 Å². The summed E-state index contributed by atoms with van der Waals surface area (Å²) < 4.78 is 0. The van der Waals surface area contributed by atoms with Crippen molar-refractivity contribution in [1.82, 2.24) is 0 Å². The Balaban J connectivity index is 1.81. The molecule has 0 aromatic rings. The first-order valence-electron chi connectivity index (χ1n) is 8.21. The fourth-order valence-electron chi connectivity index (χ4n) is 7.68. The second kappa shape index (κ2) is 3.38. The average Bonchev–Trinajstić information content (AvgIpc) is 2.23. The van der Waals surface area contributed by atoms with Crippen LogP contribution in [0, 0.1) is 21.7 Å². The lowest BCUT2D eigenvalue weighted by atomic mass is 9.35. The molecule has 19 heavy (non-hydrogen) atoms. The van der Waals surface area contributed by atoms with Crippen LogP contribution >= 0.6 is 0 Å². The summed E-state index contributed by atoms with van der Waals surface area (Å²) in [5.74, 6) is 0. The molecule has 4 bridgehead atoms. The maximum Gasteiger partial charge on any atom is -0.00693 e. The van der Waals surface area contributed by atoms with Gasteiger partial charge in [0, 0.05) is 0 Å². The minimum absolute atomic E-state index is 0.567. The Bertz CT molecular complexity index is 425. The molecule has 0 saturated heterocycles. The van der Waals surface area contributed by atoms with E-state index in [0.29, 0.717) is 21.7 Å². The van der Waals surface area contributed by atoms with Gasteiger partial charge in [0.2, 0.25) is 0 Å². The summed E-state index contributed by atoms with van der Waals surface area (Å²) in [6.45, 7) is 7.78. The van der Waals surface area contributed by atoms with Crippen molar-refractivity contribution in [3.05, 3.63) is 23.8 Å². The molecule has 0 nitrogen and oxygen atoms in total. The fourth-order valence-corrected chi connectivity index (χ4v) is 7.68. The van der Waals surface area contributed by atoms with E-state index in [1.54, 1.807) is 5.57 Å². The number of allylic oxidation sites excluding steroid dienone is 4. The van der Waals surface area contributed by atoms with Crippen molar-refractivity contribution >= 4 is 0 Å². The molecule has 0 aliphatic heterocycles. The van der Waals surface area contributed by atoms with E-state index in [2.05, 4.69) is 39.0 Å². The van der Waals surface area contributed by atoms with Crippen LogP contribution in [0.2, 0.25) is 0 Å². The van der Waals surface area contributed by atoms with E-state index in [0.717, 1.165) is 0 Å². The molecule has 0 N–H and O–H groups in total. The summed E-state index contributed by atoms with van der Waals surface area (Å²) in [4.78, 5) is 0. The van der Waals surface area contributed by atoms with E-state index >= 15 is 0 Å². The zero-order valence-electron chi connectivity index (χ0n) is 12.9. The summed E-state index contributed by atoms with van der Waals surface area (Å²) in [6, 6.07) is 0. The molecule has 5 aliphatic rings. The van der Waals surface area contributed by atoms with Crippen molar-refractivity contribution < 1.29 is 0 Å². The SMILES string of the molecule is CC12CC3(C)CC(C)(C1)CC(C1=CC=CCC1)(C2)C3. The maximum atomic E-state index is 2.59. The van der Waals surface area contributed by atoms with E-state index in [1.165, 1.54) is 51.4 Å². The quantitative estimate of drug-likeness (QED) is 0.568. The minimum Gasteiger partial charge on any atom is -0.0842 e. The van der Waals surface area contributed by atoms with Crippen LogP contribution in [0.25, 0.3) is 0 Å².